The van der Waals surface area contributed by atoms with Gasteiger partial charge in [-0.1, -0.05) is 33.5 Å². The maximum absolute atomic E-state index is 4.91. The van der Waals surface area contributed by atoms with Crippen LogP contribution in [0.1, 0.15) is 13.8 Å². The third-order valence-electron chi connectivity index (χ3n) is 2.55. The Balaban J connectivity index is 4.34. The number of ether oxygens (including phenoxy) is 1. The number of allylic oxidation sites excluding steroid dienone is 1. The maximum atomic E-state index is 4.91. The Morgan fingerprint density at radius 2 is 1.64 bits per heavy atom. The average molecular weight is 172 g/mol. The number of methoxy groups -OCH3 is 1. The van der Waals surface area contributed by atoms with E-state index in [9.17, 15) is 0 Å². The van der Waals surface area contributed by atoms with Crippen molar-refractivity contribution in [2.75, 3.05) is 7.11 Å². The van der Waals surface area contributed by atoms with E-state index in [1.165, 1.54) is 0 Å². The Kier molecular flexibility index (Phi) is 3.36. The van der Waals surface area contributed by atoms with Gasteiger partial charge in [0.25, 0.3) is 0 Å². The van der Waals surface area contributed by atoms with Gasteiger partial charge in [-0.15, -0.1) is 0 Å². The highest BCUT2D eigenvalue weighted by molar-refractivity contribution is 6.79. The van der Waals surface area contributed by atoms with Crippen LogP contribution in [-0.4, -0.2) is 15.2 Å². The molecule has 0 radical (unpaired) electrons. The largest absolute Gasteiger partial charge is 0.505 e. The molecule has 0 bridgehead atoms. The minimum Gasteiger partial charge on any atom is -0.505 e. The van der Waals surface area contributed by atoms with Crippen molar-refractivity contribution >= 4 is 8.07 Å². The van der Waals surface area contributed by atoms with Crippen molar-refractivity contribution in [2.45, 2.75) is 38.5 Å². The minimum atomic E-state index is -1.09. The van der Waals surface area contributed by atoms with Crippen molar-refractivity contribution in [1.82, 2.24) is 0 Å². The van der Waals surface area contributed by atoms with Gasteiger partial charge in [-0.3, -0.25) is 0 Å². The predicted octanol–water partition coefficient (Wildman–Crippen LogP) is 3.26. The highest BCUT2D eigenvalue weighted by atomic mass is 28.3. The van der Waals surface area contributed by atoms with Crippen LogP contribution in [0.4, 0.5) is 0 Å². The number of rotatable bonds is 3. The van der Waals surface area contributed by atoms with Crippen molar-refractivity contribution in [2.24, 2.45) is 0 Å². The van der Waals surface area contributed by atoms with Crippen LogP contribution in [0, 0.1) is 0 Å². The third kappa shape index (κ3) is 3.10. The molecule has 0 heterocycles. The molecule has 0 aliphatic heterocycles. The first-order valence-corrected chi connectivity index (χ1v) is 7.52. The standard InChI is InChI=1S/C9H20OSi/c1-9(2,7-8-10-3)11(4,5)6/h7-8H,1-6H3/b8-7+. The van der Waals surface area contributed by atoms with Gasteiger partial charge in [-0.05, 0) is 11.1 Å². The van der Waals surface area contributed by atoms with E-state index in [4.69, 9.17) is 4.74 Å². The van der Waals surface area contributed by atoms with Crippen LogP contribution >= 0.6 is 0 Å². The molecular weight excluding hydrogens is 152 g/mol. The molecule has 0 unspecified atom stereocenters. The zero-order chi connectivity index (χ0) is 9.12. The summed E-state index contributed by atoms with van der Waals surface area (Å²) < 4.78 is 4.91. The van der Waals surface area contributed by atoms with Crippen LogP contribution < -0.4 is 0 Å². The predicted molar refractivity (Wildman–Crippen MR) is 53.5 cm³/mol. The van der Waals surface area contributed by atoms with E-state index in [0.717, 1.165) is 0 Å². The summed E-state index contributed by atoms with van der Waals surface area (Å²) in [5, 5.41) is 0.322. The van der Waals surface area contributed by atoms with Crippen LogP contribution in [0.25, 0.3) is 0 Å². The Morgan fingerprint density at radius 1 is 1.18 bits per heavy atom. The lowest BCUT2D eigenvalue weighted by molar-refractivity contribution is 0.335. The smallest absolute Gasteiger partial charge is 0.0787 e. The third-order valence-corrected chi connectivity index (χ3v) is 6.59. The van der Waals surface area contributed by atoms with Gasteiger partial charge in [0.15, 0.2) is 0 Å². The van der Waals surface area contributed by atoms with Crippen LogP contribution in [-0.2, 0) is 4.74 Å². The van der Waals surface area contributed by atoms with Gasteiger partial charge in [0.1, 0.15) is 0 Å². The first-order valence-electron chi connectivity index (χ1n) is 4.02. The van der Waals surface area contributed by atoms with Gasteiger partial charge >= 0.3 is 0 Å². The van der Waals surface area contributed by atoms with Gasteiger partial charge in [-0.2, -0.15) is 0 Å². The highest BCUT2D eigenvalue weighted by Gasteiger charge is 2.31. The van der Waals surface area contributed by atoms with Gasteiger partial charge in [0, 0.05) is 0 Å². The topological polar surface area (TPSA) is 9.23 Å². The van der Waals surface area contributed by atoms with Crippen molar-refractivity contribution in [1.29, 1.82) is 0 Å². The molecule has 0 amide bonds. The fourth-order valence-corrected chi connectivity index (χ4v) is 1.06. The lowest BCUT2D eigenvalue weighted by Crippen LogP contribution is -2.33. The van der Waals surface area contributed by atoms with Crippen LogP contribution in [0.5, 0.6) is 0 Å². The van der Waals surface area contributed by atoms with E-state index in [2.05, 4.69) is 39.6 Å². The second-order valence-corrected chi connectivity index (χ2v) is 10.3. The van der Waals surface area contributed by atoms with E-state index < -0.39 is 8.07 Å². The monoisotopic (exact) mass is 172 g/mol. The molecule has 0 fully saturated rings. The molecule has 0 atom stereocenters. The first kappa shape index (κ1) is 10.8. The molecule has 1 nitrogen and oxygen atoms in total. The van der Waals surface area contributed by atoms with Gasteiger partial charge in [0.2, 0.25) is 0 Å². The zero-order valence-corrected chi connectivity index (χ0v) is 9.56. The molecule has 0 N–H and O–H groups in total. The molecule has 0 aromatic heterocycles. The summed E-state index contributed by atoms with van der Waals surface area (Å²) in [6.45, 7) is 11.6. The molecule has 0 aromatic carbocycles. The van der Waals surface area contributed by atoms with Crippen LogP contribution in [0.15, 0.2) is 12.3 Å². The van der Waals surface area contributed by atoms with Gasteiger partial charge in [0.05, 0.1) is 21.4 Å². The molecule has 11 heavy (non-hydrogen) atoms. The molecule has 0 aliphatic rings. The second kappa shape index (κ2) is 3.44. The fraction of sp³-hybridized carbons (Fsp3) is 0.778. The molecule has 0 aliphatic carbocycles. The first-order chi connectivity index (χ1) is 4.81. The Labute approximate surface area is 71.5 Å². The Hall–Kier alpha value is -0.243. The molecule has 0 saturated carbocycles. The number of hydrogen-bond acceptors (Lipinski definition) is 1. The number of hydrogen-bond donors (Lipinski definition) is 0. The fourth-order valence-electron chi connectivity index (χ4n) is 0.488. The Bertz CT molecular complexity index is 142. The molecule has 0 saturated heterocycles. The molecule has 66 valence electrons. The highest BCUT2D eigenvalue weighted by Crippen LogP contribution is 2.37. The lowest BCUT2D eigenvalue weighted by atomic mass is 10.2. The minimum absolute atomic E-state index is 0.322. The van der Waals surface area contributed by atoms with Crippen LogP contribution in [0.3, 0.4) is 0 Å². The average Bonchev–Trinajstić information content (AvgIpc) is 1.81. The SMILES string of the molecule is CO/C=C/C(C)(C)[Si](C)(C)C. The molecule has 2 heteroatoms. The normalized spacial score (nSPS) is 14.0. The van der Waals surface area contributed by atoms with Crippen molar-refractivity contribution in [3.8, 4) is 0 Å². The van der Waals surface area contributed by atoms with Gasteiger partial charge in [-0.25, -0.2) is 0 Å². The molecule has 0 aromatic rings. The van der Waals surface area contributed by atoms with E-state index in [-0.39, 0.29) is 0 Å². The Morgan fingerprint density at radius 3 is 1.91 bits per heavy atom. The van der Waals surface area contributed by atoms with Gasteiger partial charge < -0.3 is 4.74 Å². The summed E-state index contributed by atoms with van der Waals surface area (Å²) in [4.78, 5) is 0. The summed E-state index contributed by atoms with van der Waals surface area (Å²) in [5.41, 5.74) is 0. The molecular formula is C9H20OSi. The lowest BCUT2D eigenvalue weighted by Gasteiger charge is -2.33. The van der Waals surface area contributed by atoms with E-state index in [0.29, 0.717) is 5.04 Å². The van der Waals surface area contributed by atoms with E-state index in [1.807, 2.05) is 0 Å². The second-order valence-electron chi connectivity index (χ2n) is 4.51. The summed E-state index contributed by atoms with van der Waals surface area (Å²) in [6, 6.07) is 0. The molecule has 0 rings (SSSR count). The van der Waals surface area contributed by atoms with E-state index in [1.54, 1.807) is 13.4 Å². The molecule has 0 spiro atoms. The maximum Gasteiger partial charge on any atom is 0.0787 e. The summed E-state index contributed by atoms with van der Waals surface area (Å²) >= 11 is 0. The van der Waals surface area contributed by atoms with Crippen molar-refractivity contribution < 1.29 is 4.74 Å². The van der Waals surface area contributed by atoms with Crippen molar-refractivity contribution in [3.05, 3.63) is 12.3 Å². The summed E-state index contributed by atoms with van der Waals surface area (Å²) in [7, 11) is 0.602. The summed E-state index contributed by atoms with van der Waals surface area (Å²) in [6.07, 6.45) is 3.96. The van der Waals surface area contributed by atoms with Crippen molar-refractivity contribution in [3.63, 3.8) is 0 Å². The quantitative estimate of drug-likeness (QED) is 0.469. The zero-order valence-electron chi connectivity index (χ0n) is 8.56. The van der Waals surface area contributed by atoms with E-state index >= 15 is 0 Å². The summed E-state index contributed by atoms with van der Waals surface area (Å²) in [5.74, 6) is 0. The van der Waals surface area contributed by atoms with Crippen LogP contribution in [0.2, 0.25) is 24.7 Å².